The number of hydrogen-bond donors (Lipinski definition) is 3. The summed E-state index contributed by atoms with van der Waals surface area (Å²) in [6.45, 7) is 1.27. The van der Waals surface area contributed by atoms with Crippen LogP contribution in [0.3, 0.4) is 0 Å². The number of aromatic hydroxyl groups is 2. The smallest absolute Gasteiger partial charge is 0.306 e. The molecule has 4 rings (SSSR count). The van der Waals surface area contributed by atoms with Gasteiger partial charge in [-0.25, -0.2) is 0 Å². The molecule has 178 valence electrons. The van der Waals surface area contributed by atoms with Crippen LogP contribution in [0.4, 0.5) is 0 Å². The van der Waals surface area contributed by atoms with Crippen molar-refractivity contribution < 1.29 is 39.2 Å². The fraction of sp³-hybridized carbons (Fsp3) is 0.360. The van der Waals surface area contributed by atoms with Crippen molar-refractivity contribution in [1.29, 1.82) is 0 Å². The van der Waals surface area contributed by atoms with E-state index in [0.717, 1.165) is 6.42 Å². The predicted octanol–water partition coefficient (Wildman–Crippen LogP) is 3.29. The summed E-state index contributed by atoms with van der Waals surface area (Å²) in [7, 11) is 0. The molecule has 0 spiro atoms. The summed E-state index contributed by atoms with van der Waals surface area (Å²) in [5.41, 5.74) is -2.36. The Balaban J connectivity index is 1.72. The maximum absolute atomic E-state index is 13.1. The number of rotatable bonds is 6. The number of phenols is 2. The highest BCUT2D eigenvalue weighted by atomic mass is 79.9. The Morgan fingerprint density at radius 2 is 1.68 bits per heavy atom. The molecule has 0 fully saturated rings. The van der Waals surface area contributed by atoms with Crippen LogP contribution in [-0.4, -0.2) is 50.8 Å². The van der Waals surface area contributed by atoms with Crippen LogP contribution in [0.2, 0.25) is 0 Å². The van der Waals surface area contributed by atoms with Gasteiger partial charge in [0.25, 0.3) is 0 Å². The molecule has 0 aliphatic heterocycles. The van der Waals surface area contributed by atoms with E-state index in [0.29, 0.717) is 6.42 Å². The van der Waals surface area contributed by atoms with Crippen molar-refractivity contribution in [2.45, 2.75) is 49.5 Å². The molecule has 2 aromatic rings. The van der Waals surface area contributed by atoms with Crippen LogP contribution >= 0.6 is 15.9 Å². The van der Waals surface area contributed by atoms with Crippen LogP contribution < -0.4 is 0 Å². The van der Waals surface area contributed by atoms with Gasteiger partial charge in [0, 0.05) is 46.3 Å². The van der Waals surface area contributed by atoms with Gasteiger partial charge in [0.15, 0.2) is 18.2 Å². The first-order valence-corrected chi connectivity index (χ1v) is 11.9. The molecule has 0 amide bonds. The Morgan fingerprint density at radius 3 is 2.26 bits per heavy atom. The van der Waals surface area contributed by atoms with Gasteiger partial charge in [-0.15, -0.1) is 0 Å². The normalized spacial score (nSPS) is 20.9. The van der Waals surface area contributed by atoms with Crippen molar-refractivity contribution in [2.24, 2.45) is 0 Å². The number of unbranched alkanes of at least 4 members (excludes halogenated alkanes) is 1. The maximum atomic E-state index is 13.1. The zero-order valence-electron chi connectivity index (χ0n) is 18.4. The molecule has 0 saturated heterocycles. The van der Waals surface area contributed by atoms with Gasteiger partial charge in [-0.2, -0.15) is 0 Å². The number of halogens is 1. The molecular formula is C25H23BrO8. The molecule has 2 aliphatic carbocycles. The van der Waals surface area contributed by atoms with Crippen LogP contribution in [0.25, 0.3) is 0 Å². The van der Waals surface area contributed by atoms with E-state index < -0.39 is 58.3 Å². The molecule has 9 heteroatoms. The lowest BCUT2D eigenvalue weighted by Crippen LogP contribution is -2.46. The quantitative estimate of drug-likeness (QED) is 0.250. The van der Waals surface area contributed by atoms with E-state index in [9.17, 15) is 34.5 Å². The molecule has 3 N–H and O–H groups in total. The van der Waals surface area contributed by atoms with E-state index >= 15 is 0 Å². The van der Waals surface area contributed by atoms with Gasteiger partial charge in [-0.1, -0.05) is 53.5 Å². The average molecular weight is 531 g/mol. The zero-order chi connectivity index (χ0) is 24.8. The van der Waals surface area contributed by atoms with Crippen molar-refractivity contribution in [3.8, 4) is 11.5 Å². The molecule has 2 atom stereocenters. The van der Waals surface area contributed by atoms with E-state index in [-0.39, 0.29) is 46.2 Å². The van der Waals surface area contributed by atoms with Crippen molar-refractivity contribution in [1.82, 2.24) is 0 Å². The summed E-state index contributed by atoms with van der Waals surface area (Å²) in [5.74, 6) is -3.60. The number of ketones is 3. The minimum absolute atomic E-state index is 0.0157. The van der Waals surface area contributed by atoms with Gasteiger partial charge < -0.3 is 20.1 Å². The lowest BCUT2D eigenvalue weighted by molar-refractivity contribution is -0.155. The molecule has 1 unspecified atom stereocenters. The van der Waals surface area contributed by atoms with E-state index in [1.54, 1.807) is 12.1 Å². The average Bonchev–Trinajstić information content (AvgIpc) is 2.81. The first-order valence-electron chi connectivity index (χ1n) is 10.9. The Bertz CT molecular complexity index is 1230. The molecule has 2 aliphatic rings. The van der Waals surface area contributed by atoms with Gasteiger partial charge in [0.1, 0.15) is 17.1 Å². The minimum Gasteiger partial charge on any atom is -0.507 e. The number of phenolic OH excluding ortho intramolecular Hbond substituents is 2. The van der Waals surface area contributed by atoms with E-state index in [1.165, 1.54) is 12.1 Å². The number of carbonyl (C=O) groups is 4. The molecule has 0 saturated carbocycles. The van der Waals surface area contributed by atoms with Crippen molar-refractivity contribution in [3.63, 3.8) is 0 Å². The third-order valence-electron chi connectivity index (χ3n) is 6.38. The third kappa shape index (κ3) is 3.82. The first-order chi connectivity index (χ1) is 16.1. The summed E-state index contributed by atoms with van der Waals surface area (Å²) < 4.78 is 4.99. The lowest BCUT2D eigenvalue weighted by Gasteiger charge is -2.37. The number of alkyl halides is 1. The molecule has 2 aromatic carbocycles. The predicted molar refractivity (Wildman–Crippen MR) is 124 cm³/mol. The number of hydrogen-bond acceptors (Lipinski definition) is 8. The fourth-order valence-corrected chi connectivity index (χ4v) is 5.58. The zero-order valence-corrected chi connectivity index (χ0v) is 20.0. The minimum atomic E-state index is -2.02. The summed E-state index contributed by atoms with van der Waals surface area (Å²) in [6, 6.07) is 6.10. The number of Topliss-reactive ketones (excluding diaryl/α,β-unsaturated/α-hetero) is 1. The second-order valence-corrected chi connectivity index (χ2v) is 9.72. The van der Waals surface area contributed by atoms with Crippen LogP contribution in [0.5, 0.6) is 11.5 Å². The summed E-state index contributed by atoms with van der Waals surface area (Å²) in [5, 5.41) is 33.2. The number of esters is 1. The number of aliphatic hydroxyl groups is 1. The Morgan fingerprint density at radius 1 is 1.09 bits per heavy atom. The molecule has 34 heavy (non-hydrogen) atoms. The van der Waals surface area contributed by atoms with E-state index in [2.05, 4.69) is 15.9 Å². The standard InChI is InChI=1S/C25H23BrO8/c1-2-3-8-17(28)34-11-16(27)25(33)9-14-18(15(26)10-25)24(32)20-19(23(14)31)21(29)12-6-4-5-7-13(12)22(20)30/h4-7,15,31-33H,2-3,8-11H2,1H3/t15?,25-/m0/s1. The van der Waals surface area contributed by atoms with E-state index in [4.69, 9.17) is 4.74 Å². The second kappa shape index (κ2) is 8.96. The van der Waals surface area contributed by atoms with Gasteiger partial charge in [-0.05, 0) is 6.42 Å². The second-order valence-electron chi connectivity index (χ2n) is 8.61. The number of fused-ring (bicyclic) bond motifs is 3. The molecule has 0 aromatic heterocycles. The van der Waals surface area contributed by atoms with Gasteiger partial charge in [-0.3, -0.25) is 19.2 Å². The van der Waals surface area contributed by atoms with Gasteiger partial charge >= 0.3 is 5.97 Å². The fourth-order valence-electron chi connectivity index (χ4n) is 4.55. The highest BCUT2D eigenvalue weighted by Gasteiger charge is 2.48. The Hall–Kier alpha value is -3.04. The highest BCUT2D eigenvalue weighted by Crippen LogP contribution is 2.52. The van der Waals surface area contributed by atoms with Crippen LogP contribution in [0.1, 0.15) is 80.4 Å². The first kappa shape index (κ1) is 24.1. The number of carbonyl (C=O) groups excluding carboxylic acids is 4. The largest absolute Gasteiger partial charge is 0.507 e. The Kier molecular flexibility index (Phi) is 6.35. The third-order valence-corrected chi connectivity index (χ3v) is 7.16. The SMILES string of the molecule is CCCCC(=O)OCC(=O)[C@]1(O)Cc2c(O)c3c(c(O)c2C(Br)C1)C(=O)c1ccccc1C3=O. The Labute approximate surface area is 203 Å². The van der Waals surface area contributed by atoms with Crippen molar-refractivity contribution in [2.75, 3.05) is 6.61 Å². The topological polar surface area (TPSA) is 138 Å². The molecule has 0 bridgehead atoms. The summed E-state index contributed by atoms with van der Waals surface area (Å²) in [6.07, 6.45) is 0.933. The molecular weight excluding hydrogens is 508 g/mol. The number of benzene rings is 2. The molecule has 0 heterocycles. The highest BCUT2D eigenvalue weighted by molar-refractivity contribution is 9.09. The van der Waals surface area contributed by atoms with Crippen LogP contribution in [-0.2, 0) is 20.7 Å². The molecule has 0 radical (unpaired) electrons. The summed E-state index contributed by atoms with van der Waals surface area (Å²) in [4.78, 5) is 50.0. The van der Waals surface area contributed by atoms with Crippen molar-refractivity contribution in [3.05, 3.63) is 57.6 Å². The van der Waals surface area contributed by atoms with E-state index in [1.807, 2.05) is 6.92 Å². The van der Waals surface area contributed by atoms with Crippen LogP contribution in [0, 0.1) is 0 Å². The number of ether oxygens (including phenoxy) is 1. The van der Waals surface area contributed by atoms with Crippen LogP contribution in [0.15, 0.2) is 24.3 Å². The molecule has 8 nitrogen and oxygen atoms in total. The summed E-state index contributed by atoms with van der Waals surface area (Å²) >= 11 is 3.34. The monoisotopic (exact) mass is 530 g/mol. The van der Waals surface area contributed by atoms with Gasteiger partial charge in [0.05, 0.1) is 11.1 Å². The van der Waals surface area contributed by atoms with Gasteiger partial charge in [0.2, 0.25) is 5.78 Å². The lowest BCUT2D eigenvalue weighted by atomic mass is 9.73. The van der Waals surface area contributed by atoms with Crippen molar-refractivity contribution >= 4 is 39.2 Å². The maximum Gasteiger partial charge on any atom is 0.306 e.